The van der Waals surface area contributed by atoms with Gasteiger partial charge in [0, 0.05) is 44.5 Å². The minimum absolute atomic E-state index is 0.0489. The lowest BCUT2D eigenvalue weighted by molar-refractivity contribution is -0.135. The zero-order valence-corrected chi connectivity index (χ0v) is 18.3. The Bertz CT molecular complexity index is 818. The lowest BCUT2D eigenvalue weighted by atomic mass is 10.2. The van der Waals surface area contributed by atoms with Crippen LogP contribution in [0.4, 0.5) is 10.1 Å². The number of nitrogens with one attached hydrogen (secondary N) is 1. The Balaban J connectivity index is 1.46. The van der Waals surface area contributed by atoms with Gasteiger partial charge >= 0.3 is 0 Å². The number of carbonyl (C=O) groups excluding carboxylic acids is 2. The van der Waals surface area contributed by atoms with Crippen LogP contribution in [0.5, 0.6) is 0 Å². The van der Waals surface area contributed by atoms with E-state index in [9.17, 15) is 14.0 Å². The summed E-state index contributed by atoms with van der Waals surface area (Å²) in [4.78, 5) is 31.3. The number of carbonyl (C=O) groups is 2. The second-order valence-corrected chi connectivity index (χ2v) is 8.62. The minimum Gasteiger partial charge on any atom is -0.339 e. The predicted molar refractivity (Wildman–Crippen MR) is 118 cm³/mol. The summed E-state index contributed by atoms with van der Waals surface area (Å²) >= 11 is 1.70. The normalized spacial score (nSPS) is 15.0. The molecule has 30 heavy (non-hydrogen) atoms. The van der Waals surface area contributed by atoms with Crippen molar-refractivity contribution in [3.63, 3.8) is 0 Å². The van der Waals surface area contributed by atoms with E-state index in [2.05, 4.69) is 27.0 Å². The van der Waals surface area contributed by atoms with Crippen LogP contribution in [0, 0.1) is 5.82 Å². The SMILES string of the molecule is CC(C)N(CC(=O)Nc1ccc(F)cc1)CC(=O)N1CCN(Cc2ccsc2)CC1. The van der Waals surface area contributed by atoms with Gasteiger partial charge in [-0.2, -0.15) is 11.3 Å². The number of thiophene rings is 1. The van der Waals surface area contributed by atoms with Crippen LogP contribution in [0.2, 0.25) is 0 Å². The average molecular weight is 433 g/mol. The minimum atomic E-state index is -0.349. The highest BCUT2D eigenvalue weighted by Crippen LogP contribution is 2.13. The third-order valence-corrected chi connectivity index (χ3v) is 5.99. The van der Waals surface area contributed by atoms with E-state index in [0.717, 1.165) is 19.6 Å². The molecule has 2 amide bonds. The first kappa shape index (κ1) is 22.4. The van der Waals surface area contributed by atoms with Crippen molar-refractivity contribution in [1.82, 2.24) is 14.7 Å². The van der Waals surface area contributed by atoms with Crippen LogP contribution in [0.3, 0.4) is 0 Å². The van der Waals surface area contributed by atoms with Crippen molar-refractivity contribution in [3.8, 4) is 0 Å². The third-order valence-electron chi connectivity index (χ3n) is 5.25. The molecule has 0 radical (unpaired) electrons. The third kappa shape index (κ3) is 6.62. The van der Waals surface area contributed by atoms with E-state index in [0.29, 0.717) is 18.8 Å². The Hall–Kier alpha value is -2.29. The van der Waals surface area contributed by atoms with E-state index in [1.165, 1.54) is 29.8 Å². The number of halogens is 1. The van der Waals surface area contributed by atoms with E-state index in [1.807, 2.05) is 23.6 Å². The molecule has 0 aliphatic carbocycles. The first-order chi connectivity index (χ1) is 14.4. The molecule has 0 spiro atoms. The number of hydrogen-bond donors (Lipinski definition) is 1. The van der Waals surface area contributed by atoms with Gasteiger partial charge in [-0.05, 0) is 60.5 Å². The topological polar surface area (TPSA) is 55.9 Å². The van der Waals surface area contributed by atoms with Gasteiger partial charge in [0.15, 0.2) is 0 Å². The highest BCUT2D eigenvalue weighted by molar-refractivity contribution is 7.07. The second kappa shape index (κ2) is 10.7. The Morgan fingerprint density at radius 2 is 1.80 bits per heavy atom. The molecule has 2 aromatic rings. The molecule has 6 nitrogen and oxygen atoms in total. The van der Waals surface area contributed by atoms with Crippen molar-refractivity contribution in [2.24, 2.45) is 0 Å². The number of hydrogen-bond acceptors (Lipinski definition) is 5. The molecule has 8 heteroatoms. The zero-order chi connectivity index (χ0) is 21.5. The maximum atomic E-state index is 13.0. The van der Waals surface area contributed by atoms with E-state index >= 15 is 0 Å². The van der Waals surface area contributed by atoms with Crippen molar-refractivity contribution in [2.75, 3.05) is 44.6 Å². The average Bonchev–Trinajstić information content (AvgIpc) is 3.22. The molecular formula is C22H29FN4O2S. The van der Waals surface area contributed by atoms with Crippen molar-refractivity contribution in [1.29, 1.82) is 0 Å². The molecule has 0 bridgehead atoms. The van der Waals surface area contributed by atoms with Crippen molar-refractivity contribution >= 4 is 28.8 Å². The summed E-state index contributed by atoms with van der Waals surface area (Å²) in [5, 5.41) is 7.00. The fourth-order valence-corrected chi connectivity index (χ4v) is 4.07. The van der Waals surface area contributed by atoms with Gasteiger partial charge in [-0.3, -0.25) is 19.4 Å². The van der Waals surface area contributed by atoms with Crippen LogP contribution in [0.15, 0.2) is 41.1 Å². The molecule has 1 N–H and O–H groups in total. The maximum absolute atomic E-state index is 13.0. The first-order valence-electron chi connectivity index (χ1n) is 10.2. The lowest BCUT2D eigenvalue weighted by Crippen LogP contribution is -2.52. The molecule has 0 unspecified atom stereocenters. The van der Waals surface area contributed by atoms with Gasteiger partial charge in [-0.1, -0.05) is 0 Å². The molecule has 1 aromatic carbocycles. The van der Waals surface area contributed by atoms with Crippen LogP contribution in [-0.2, 0) is 16.1 Å². The van der Waals surface area contributed by atoms with Crippen LogP contribution in [0.25, 0.3) is 0 Å². The quantitative estimate of drug-likeness (QED) is 0.697. The van der Waals surface area contributed by atoms with Gasteiger partial charge in [-0.25, -0.2) is 4.39 Å². The Labute approximate surface area is 181 Å². The molecule has 1 aromatic heterocycles. The fraction of sp³-hybridized carbons (Fsp3) is 0.455. The largest absolute Gasteiger partial charge is 0.339 e. The Morgan fingerprint density at radius 1 is 1.10 bits per heavy atom. The van der Waals surface area contributed by atoms with Gasteiger partial charge in [0.25, 0.3) is 0 Å². The molecule has 162 valence electrons. The number of amides is 2. The molecule has 1 aliphatic heterocycles. The van der Waals surface area contributed by atoms with Crippen LogP contribution >= 0.6 is 11.3 Å². The first-order valence-corrected chi connectivity index (χ1v) is 11.2. The van der Waals surface area contributed by atoms with E-state index in [4.69, 9.17) is 0 Å². The summed E-state index contributed by atoms with van der Waals surface area (Å²) in [6.07, 6.45) is 0. The number of nitrogens with zero attached hydrogens (tertiary/aromatic N) is 3. The summed E-state index contributed by atoms with van der Waals surface area (Å²) in [7, 11) is 0. The molecular weight excluding hydrogens is 403 g/mol. The molecule has 3 rings (SSSR count). The summed E-state index contributed by atoms with van der Waals surface area (Å²) in [5.41, 5.74) is 1.86. The van der Waals surface area contributed by atoms with Crippen molar-refractivity contribution in [3.05, 3.63) is 52.5 Å². The molecule has 1 fully saturated rings. The summed E-state index contributed by atoms with van der Waals surface area (Å²) in [6.45, 7) is 8.30. The molecule has 0 saturated carbocycles. The summed E-state index contributed by atoms with van der Waals surface area (Å²) in [5.74, 6) is -0.519. The molecule has 2 heterocycles. The van der Waals surface area contributed by atoms with Gasteiger partial charge < -0.3 is 10.2 Å². The zero-order valence-electron chi connectivity index (χ0n) is 17.5. The second-order valence-electron chi connectivity index (χ2n) is 7.84. The predicted octanol–water partition coefficient (Wildman–Crippen LogP) is 2.88. The van der Waals surface area contributed by atoms with Crippen LogP contribution in [-0.4, -0.2) is 71.8 Å². The smallest absolute Gasteiger partial charge is 0.238 e. The standard InChI is InChI=1S/C22H29FN4O2S/c1-17(2)27(14-21(28)24-20-5-3-19(23)4-6-20)15-22(29)26-10-8-25(9-11-26)13-18-7-12-30-16-18/h3-7,12,16-17H,8-11,13-15H2,1-2H3,(H,24,28). The molecule has 0 atom stereocenters. The number of benzene rings is 1. The summed E-state index contributed by atoms with van der Waals surface area (Å²) < 4.78 is 13.0. The van der Waals surface area contributed by atoms with Crippen LogP contribution in [0.1, 0.15) is 19.4 Å². The summed E-state index contributed by atoms with van der Waals surface area (Å²) in [6, 6.07) is 7.84. The number of anilines is 1. The number of piperazine rings is 1. The number of rotatable bonds is 8. The van der Waals surface area contributed by atoms with Crippen LogP contribution < -0.4 is 5.32 Å². The van der Waals surface area contributed by atoms with E-state index < -0.39 is 0 Å². The molecule has 1 saturated heterocycles. The van der Waals surface area contributed by atoms with E-state index in [1.54, 1.807) is 11.3 Å². The van der Waals surface area contributed by atoms with Gasteiger partial charge in [0.1, 0.15) is 5.82 Å². The highest BCUT2D eigenvalue weighted by Gasteiger charge is 2.24. The fourth-order valence-electron chi connectivity index (χ4n) is 3.41. The van der Waals surface area contributed by atoms with Crippen molar-refractivity contribution < 1.29 is 14.0 Å². The monoisotopic (exact) mass is 432 g/mol. The van der Waals surface area contributed by atoms with Crippen molar-refractivity contribution in [2.45, 2.75) is 26.4 Å². The highest BCUT2D eigenvalue weighted by atomic mass is 32.1. The van der Waals surface area contributed by atoms with Gasteiger partial charge in [-0.15, -0.1) is 0 Å². The Kier molecular flexibility index (Phi) is 7.95. The Morgan fingerprint density at radius 3 is 2.40 bits per heavy atom. The molecule has 1 aliphatic rings. The van der Waals surface area contributed by atoms with Gasteiger partial charge in [0.2, 0.25) is 11.8 Å². The lowest BCUT2D eigenvalue weighted by Gasteiger charge is -2.36. The maximum Gasteiger partial charge on any atom is 0.238 e. The van der Waals surface area contributed by atoms with E-state index in [-0.39, 0.29) is 36.8 Å². The van der Waals surface area contributed by atoms with Gasteiger partial charge in [0.05, 0.1) is 13.1 Å².